The molecular formula is C27H23N3O6S. The molecule has 1 amide bonds. The van der Waals surface area contributed by atoms with Crippen molar-refractivity contribution in [3.05, 3.63) is 95.6 Å². The minimum Gasteiger partial charge on any atom is -0.497 e. The fourth-order valence-electron chi connectivity index (χ4n) is 3.82. The minimum atomic E-state index is -4.09. The third-order valence-corrected chi connectivity index (χ3v) is 6.00. The Labute approximate surface area is 213 Å². The first-order chi connectivity index (χ1) is 17.6. The molecular weight excluding hydrogens is 494 g/mol. The van der Waals surface area contributed by atoms with Gasteiger partial charge in [-0.25, -0.2) is 4.79 Å². The van der Waals surface area contributed by atoms with Gasteiger partial charge < -0.3 is 20.0 Å². The quantitative estimate of drug-likeness (QED) is 0.189. The van der Waals surface area contributed by atoms with E-state index in [-0.39, 0.29) is 17.0 Å². The summed E-state index contributed by atoms with van der Waals surface area (Å²) >= 11 is 0. The van der Waals surface area contributed by atoms with Crippen molar-refractivity contribution in [2.75, 3.05) is 18.7 Å². The van der Waals surface area contributed by atoms with E-state index in [1.807, 2.05) is 0 Å². The molecule has 0 aliphatic heterocycles. The van der Waals surface area contributed by atoms with Gasteiger partial charge in [-0.05, 0) is 76.5 Å². The van der Waals surface area contributed by atoms with Gasteiger partial charge >= 0.3 is 16.1 Å². The van der Waals surface area contributed by atoms with Crippen LogP contribution >= 0.6 is 0 Å². The van der Waals surface area contributed by atoms with Gasteiger partial charge in [0.15, 0.2) is 0 Å². The number of hydrogen-bond acceptors (Lipinski definition) is 7. The number of nitrogens with one attached hydrogen (secondary N) is 2. The predicted molar refractivity (Wildman–Crippen MR) is 142 cm³/mol. The van der Waals surface area contributed by atoms with Crippen LogP contribution < -0.4 is 15.8 Å². The van der Waals surface area contributed by atoms with Gasteiger partial charge in [0.2, 0.25) is 0 Å². The van der Waals surface area contributed by atoms with E-state index < -0.39 is 22.0 Å². The number of rotatable bonds is 7. The number of hydrogen-bond donors (Lipinski definition) is 3. The number of carbonyl (C=O) groups is 2. The number of fused-ring (bicyclic) bond motifs is 1. The van der Waals surface area contributed by atoms with Crippen molar-refractivity contribution in [3.63, 3.8) is 0 Å². The highest BCUT2D eigenvalue weighted by Crippen LogP contribution is 2.34. The van der Waals surface area contributed by atoms with Gasteiger partial charge in [-0.2, -0.15) is 8.42 Å². The third kappa shape index (κ3) is 5.76. The first kappa shape index (κ1) is 25.4. The van der Waals surface area contributed by atoms with Crippen LogP contribution in [0, 0.1) is 5.41 Å². The van der Waals surface area contributed by atoms with Crippen LogP contribution in [0.1, 0.15) is 26.3 Å². The number of nitrogen functional groups attached to an aromatic ring is 1. The van der Waals surface area contributed by atoms with E-state index in [4.69, 9.17) is 20.1 Å². The van der Waals surface area contributed by atoms with E-state index in [9.17, 15) is 18.0 Å². The molecule has 0 fully saturated rings. The summed E-state index contributed by atoms with van der Waals surface area (Å²) in [6.07, 6.45) is 0.785. The van der Waals surface area contributed by atoms with Gasteiger partial charge in [0.25, 0.3) is 5.91 Å². The topological polar surface area (TPSA) is 149 Å². The van der Waals surface area contributed by atoms with Crippen molar-refractivity contribution in [1.29, 1.82) is 5.41 Å². The van der Waals surface area contributed by atoms with Gasteiger partial charge in [0, 0.05) is 16.8 Å². The number of amidine groups is 1. The van der Waals surface area contributed by atoms with Gasteiger partial charge in [-0.3, -0.25) is 10.2 Å². The van der Waals surface area contributed by atoms with E-state index in [1.165, 1.54) is 13.2 Å². The Bertz CT molecular complexity index is 1650. The molecule has 0 saturated carbocycles. The van der Waals surface area contributed by atoms with Gasteiger partial charge in [0.05, 0.1) is 18.9 Å². The number of benzene rings is 4. The Kier molecular flexibility index (Phi) is 6.94. The SMILES string of the molecule is COc1ccc2cc(-c3ccccc3C(=O)Nc3ccc(C(=N)N)cc3)c(C(=O)OS(C)(=O)=O)cc2c1. The largest absolute Gasteiger partial charge is 0.497 e. The average Bonchev–Trinajstić information content (AvgIpc) is 2.86. The summed E-state index contributed by atoms with van der Waals surface area (Å²) in [5.74, 6) is -1.07. The molecule has 0 heterocycles. The average molecular weight is 518 g/mol. The Hall–Kier alpha value is -4.70. The zero-order valence-corrected chi connectivity index (χ0v) is 20.8. The maximum absolute atomic E-state index is 13.3. The van der Waals surface area contributed by atoms with E-state index in [0.717, 1.165) is 11.6 Å². The standard InChI is InChI=1S/C27H23N3O6S/c1-35-20-12-9-17-14-23(24(15-18(17)13-20)27(32)36-37(2,33)34)21-5-3-4-6-22(21)26(31)30-19-10-7-16(8-11-19)25(28)29/h3-15H,1-2H3,(H3,28,29)(H,30,31). The summed E-state index contributed by atoms with van der Waals surface area (Å²) < 4.78 is 33.4. The van der Waals surface area contributed by atoms with Crippen LogP contribution in [-0.4, -0.2) is 39.5 Å². The van der Waals surface area contributed by atoms with Crippen LogP contribution in [0.4, 0.5) is 5.69 Å². The Morgan fingerprint density at radius 2 is 1.57 bits per heavy atom. The van der Waals surface area contributed by atoms with Crippen molar-refractivity contribution in [2.24, 2.45) is 5.73 Å². The number of anilines is 1. The Balaban J connectivity index is 1.82. The van der Waals surface area contributed by atoms with Crippen molar-refractivity contribution in [2.45, 2.75) is 0 Å². The predicted octanol–water partition coefficient (Wildman–Crippen LogP) is 4.17. The zero-order chi connectivity index (χ0) is 26.7. The summed E-state index contributed by atoms with van der Waals surface area (Å²) in [7, 11) is -2.58. The van der Waals surface area contributed by atoms with E-state index in [0.29, 0.717) is 33.5 Å². The molecule has 10 heteroatoms. The van der Waals surface area contributed by atoms with Crippen molar-refractivity contribution in [1.82, 2.24) is 0 Å². The number of amides is 1. The molecule has 4 N–H and O–H groups in total. The lowest BCUT2D eigenvalue weighted by Crippen LogP contribution is -2.16. The number of carbonyl (C=O) groups excluding carboxylic acids is 2. The third-order valence-electron chi connectivity index (χ3n) is 5.55. The highest BCUT2D eigenvalue weighted by molar-refractivity contribution is 7.86. The number of methoxy groups -OCH3 is 1. The molecule has 0 aliphatic rings. The monoisotopic (exact) mass is 517 g/mol. The van der Waals surface area contributed by atoms with Crippen LogP contribution in [0.25, 0.3) is 21.9 Å². The first-order valence-corrected chi connectivity index (χ1v) is 12.8. The van der Waals surface area contributed by atoms with Gasteiger partial charge in [-0.15, -0.1) is 0 Å². The van der Waals surface area contributed by atoms with Crippen LogP contribution in [0.3, 0.4) is 0 Å². The summed E-state index contributed by atoms with van der Waals surface area (Å²) in [6.45, 7) is 0. The molecule has 0 spiro atoms. The van der Waals surface area contributed by atoms with Crippen LogP contribution in [-0.2, 0) is 14.3 Å². The van der Waals surface area contributed by atoms with Gasteiger partial charge in [0.1, 0.15) is 11.6 Å². The van der Waals surface area contributed by atoms with Crippen LogP contribution in [0.2, 0.25) is 0 Å². The first-order valence-electron chi connectivity index (χ1n) is 11.0. The van der Waals surface area contributed by atoms with Crippen LogP contribution in [0.15, 0.2) is 78.9 Å². The molecule has 0 aromatic heterocycles. The molecule has 0 unspecified atom stereocenters. The van der Waals surface area contributed by atoms with E-state index in [2.05, 4.69) is 5.32 Å². The van der Waals surface area contributed by atoms with E-state index in [1.54, 1.807) is 72.8 Å². The Morgan fingerprint density at radius 1 is 0.865 bits per heavy atom. The normalized spacial score (nSPS) is 11.1. The highest BCUT2D eigenvalue weighted by atomic mass is 32.2. The second-order valence-electron chi connectivity index (χ2n) is 8.18. The van der Waals surface area contributed by atoms with E-state index >= 15 is 0 Å². The minimum absolute atomic E-state index is 0.0303. The molecule has 4 aromatic carbocycles. The fourth-order valence-corrected chi connectivity index (χ4v) is 4.19. The molecule has 4 rings (SSSR count). The molecule has 0 saturated heterocycles. The lowest BCUT2D eigenvalue weighted by molar-refractivity contribution is 0.0749. The molecule has 0 radical (unpaired) electrons. The summed E-state index contributed by atoms with van der Waals surface area (Å²) in [5.41, 5.74) is 7.42. The molecule has 0 aliphatic carbocycles. The number of ether oxygens (including phenoxy) is 1. The smallest absolute Gasteiger partial charge is 0.354 e. The molecule has 37 heavy (non-hydrogen) atoms. The maximum Gasteiger partial charge on any atom is 0.354 e. The second-order valence-corrected chi connectivity index (χ2v) is 9.75. The second kappa shape index (κ2) is 10.1. The summed E-state index contributed by atoms with van der Waals surface area (Å²) in [4.78, 5) is 26.2. The zero-order valence-electron chi connectivity index (χ0n) is 19.9. The van der Waals surface area contributed by atoms with Crippen molar-refractivity contribution < 1.29 is 26.9 Å². The van der Waals surface area contributed by atoms with Crippen molar-refractivity contribution >= 4 is 44.3 Å². The van der Waals surface area contributed by atoms with Gasteiger partial charge in [-0.1, -0.05) is 24.3 Å². The lowest BCUT2D eigenvalue weighted by Gasteiger charge is -2.15. The molecule has 188 valence electrons. The lowest BCUT2D eigenvalue weighted by atomic mass is 9.92. The van der Waals surface area contributed by atoms with Crippen molar-refractivity contribution in [3.8, 4) is 16.9 Å². The molecule has 0 atom stereocenters. The van der Waals surface area contributed by atoms with Crippen LogP contribution in [0.5, 0.6) is 5.75 Å². The maximum atomic E-state index is 13.3. The Morgan fingerprint density at radius 3 is 2.22 bits per heavy atom. The summed E-state index contributed by atoms with van der Waals surface area (Å²) in [5, 5.41) is 11.7. The molecule has 9 nitrogen and oxygen atoms in total. The fraction of sp³-hybridized carbons (Fsp3) is 0.0741. The summed E-state index contributed by atoms with van der Waals surface area (Å²) in [6, 6.07) is 21.6. The number of nitrogens with two attached hydrogens (primary N) is 1. The molecule has 4 aromatic rings. The highest BCUT2D eigenvalue weighted by Gasteiger charge is 2.23. The molecule has 0 bridgehead atoms.